The normalized spacial score (nSPS) is 24.9. The Balaban J connectivity index is 1.37. The molecule has 1 atom stereocenters. The van der Waals surface area contributed by atoms with Crippen LogP contribution < -0.4 is 5.32 Å². The monoisotopic (exact) mass is 330 g/mol. The third kappa shape index (κ3) is 2.81. The molecule has 6 heteroatoms. The van der Waals surface area contributed by atoms with Crippen LogP contribution in [0.4, 0.5) is 9.59 Å². The highest BCUT2D eigenvalue weighted by Crippen LogP contribution is 2.33. The predicted molar refractivity (Wildman–Crippen MR) is 86.6 cm³/mol. The number of hydrogen-bond donors (Lipinski definition) is 1. The quantitative estimate of drug-likeness (QED) is 0.804. The Hall–Kier alpha value is -2.24. The van der Waals surface area contributed by atoms with Crippen molar-refractivity contribution in [3.8, 4) is 0 Å². The summed E-state index contributed by atoms with van der Waals surface area (Å²) in [6.45, 7) is 1.46. The van der Waals surface area contributed by atoms with Crippen LogP contribution in [0.1, 0.15) is 42.9 Å². The van der Waals surface area contributed by atoms with Crippen LogP contribution in [0, 0.1) is 0 Å². The molecule has 2 fully saturated rings. The molecule has 1 unspecified atom stereocenters. The molecule has 2 amide bonds. The molecular weight excluding hydrogens is 308 g/mol. The molecule has 3 aliphatic rings. The van der Waals surface area contributed by atoms with E-state index in [0.717, 1.165) is 19.3 Å². The largest absolute Gasteiger partial charge is 0.509 e. The van der Waals surface area contributed by atoms with Crippen molar-refractivity contribution in [2.45, 2.75) is 43.7 Å². The number of amides is 2. The van der Waals surface area contributed by atoms with E-state index in [2.05, 4.69) is 23.5 Å². The number of hydrogen-bond acceptors (Lipinski definition) is 4. The van der Waals surface area contributed by atoms with Crippen molar-refractivity contribution >= 4 is 12.2 Å². The number of rotatable bonds is 1. The van der Waals surface area contributed by atoms with Crippen LogP contribution in [-0.2, 0) is 15.9 Å². The van der Waals surface area contributed by atoms with Crippen LogP contribution in [0.25, 0.3) is 0 Å². The van der Waals surface area contributed by atoms with Gasteiger partial charge in [0.25, 0.3) is 0 Å². The van der Waals surface area contributed by atoms with Gasteiger partial charge in [0, 0.05) is 25.9 Å². The summed E-state index contributed by atoms with van der Waals surface area (Å²) in [7, 11) is 0. The second kappa shape index (κ2) is 6.00. The van der Waals surface area contributed by atoms with E-state index in [0.29, 0.717) is 32.5 Å². The summed E-state index contributed by atoms with van der Waals surface area (Å²) >= 11 is 0. The van der Waals surface area contributed by atoms with Crippen LogP contribution in [0.2, 0.25) is 0 Å². The van der Waals surface area contributed by atoms with E-state index in [-0.39, 0.29) is 12.1 Å². The van der Waals surface area contributed by atoms with E-state index in [9.17, 15) is 9.59 Å². The molecule has 6 nitrogen and oxygen atoms in total. The smallest absolute Gasteiger partial charge is 0.430 e. The van der Waals surface area contributed by atoms with Gasteiger partial charge in [-0.25, -0.2) is 9.59 Å². The molecule has 1 N–H and O–H groups in total. The maximum atomic E-state index is 12.6. The third-order valence-electron chi connectivity index (χ3n) is 5.38. The molecule has 0 bridgehead atoms. The molecule has 1 spiro atoms. The molecule has 4 rings (SSSR count). The molecule has 0 radical (unpaired) electrons. The van der Waals surface area contributed by atoms with E-state index in [1.165, 1.54) is 11.1 Å². The first-order chi connectivity index (χ1) is 11.7. The Morgan fingerprint density at radius 3 is 2.79 bits per heavy atom. The van der Waals surface area contributed by atoms with E-state index in [1.807, 2.05) is 11.0 Å². The Morgan fingerprint density at radius 2 is 2.04 bits per heavy atom. The fourth-order valence-electron chi connectivity index (χ4n) is 3.93. The Morgan fingerprint density at radius 1 is 1.25 bits per heavy atom. The van der Waals surface area contributed by atoms with Crippen molar-refractivity contribution < 1.29 is 19.1 Å². The van der Waals surface area contributed by atoms with Crippen molar-refractivity contribution in [1.82, 2.24) is 10.2 Å². The molecule has 1 aliphatic carbocycles. The summed E-state index contributed by atoms with van der Waals surface area (Å²) in [5, 5.41) is 3.18. The van der Waals surface area contributed by atoms with E-state index >= 15 is 0 Å². The lowest BCUT2D eigenvalue weighted by Crippen LogP contribution is -2.51. The van der Waals surface area contributed by atoms with Gasteiger partial charge in [-0.3, -0.25) is 0 Å². The lowest BCUT2D eigenvalue weighted by molar-refractivity contribution is 0.00907. The van der Waals surface area contributed by atoms with Crippen molar-refractivity contribution in [2.24, 2.45) is 0 Å². The summed E-state index contributed by atoms with van der Waals surface area (Å²) in [5.74, 6) is 0. The van der Waals surface area contributed by atoms with Crippen LogP contribution >= 0.6 is 0 Å². The van der Waals surface area contributed by atoms with Crippen LogP contribution in [0.15, 0.2) is 24.3 Å². The Kier molecular flexibility index (Phi) is 3.82. The lowest BCUT2D eigenvalue weighted by atomic mass is 9.88. The van der Waals surface area contributed by atoms with Gasteiger partial charge in [-0.05, 0) is 30.4 Å². The molecule has 0 saturated carbocycles. The summed E-state index contributed by atoms with van der Waals surface area (Å²) in [6.07, 6.45) is 3.83. The van der Waals surface area contributed by atoms with Gasteiger partial charge >= 0.3 is 12.2 Å². The first-order valence-corrected chi connectivity index (χ1v) is 8.64. The second-order valence-corrected chi connectivity index (χ2v) is 6.90. The maximum absolute atomic E-state index is 12.6. The molecule has 2 aliphatic heterocycles. The number of nitrogens with zero attached hydrogens (tertiary/aromatic N) is 1. The van der Waals surface area contributed by atoms with Gasteiger partial charge in [-0.1, -0.05) is 24.3 Å². The molecule has 2 saturated heterocycles. The summed E-state index contributed by atoms with van der Waals surface area (Å²) in [5.41, 5.74) is 2.05. The van der Waals surface area contributed by atoms with Crippen LogP contribution in [0.5, 0.6) is 0 Å². The zero-order valence-corrected chi connectivity index (χ0v) is 13.6. The second-order valence-electron chi connectivity index (χ2n) is 6.90. The van der Waals surface area contributed by atoms with E-state index in [1.54, 1.807) is 0 Å². The minimum Gasteiger partial charge on any atom is -0.430 e. The summed E-state index contributed by atoms with van der Waals surface area (Å²) < 4.78 is 10.2. The molecule has 24 heavy (non-hydrogen) atoms. The van der Waals surface area contributed by atoms with Crippen LogP contribution in [0.3, 0.4) is 0 Å². The average molecular weight is 330 g/mol. The third-order valence-corrected chi connectivity index (χ3v) is 5.38. The first-order valence-electron chi connectivity index (χ1n) is 8.64. The number of ether oxygens (including phenoxy) is 2. The van der Waals surface area contributed by atoms with Crippen LogP contribution in [-0.4, -0.2) is 42.4 Å². The zero-order chi connectivity index (χ0) is 16.6. The molecule has 2 heterocycles. The number of benzene rings is 1. The van der Waals surface area contributed by atoms with Crippen molar-refractivity contribution in [1.29, 1.82) is 0 Å². The lowest BCUT2D eigenvalue weighted by Gasteiger charge is -2.37. The standard InChI is InChI=1S/C18H22N2O4/c21-16(19-15-7-3-5-13-4-1-2-6-14(13)15)20-10-8-18(9-11-20)12-23-17(22)24-18/h1-2,4,6,15H,3,5,7-12H2,(H,19,21). The Bertz CT molecular complexity index is 652. The molecular formula is C18H22N2O4. The number of carbonyl (C=O) groups excluding carboxylic acids is 2. The van der Waals surface area contributed by atoms with E-state index < -0.39 is 11.8 Å². The Labute approximate surface area is 141 Å². The van der Waals surface area contributed by atoms with Gasteiger partial charge in [-0.15, -0.1) is 0 Å². The number of aryl methyl sites for hydroxylation is 1. The number of piperidine rings is 1. The number of cyclic esters (lactones) is 1. The number of nitrogens with one attached hydrogen (secondary N) is 1. The molecule has 1 aromatic carbocycles. The summed E-state index contributed by atoms with van der Waals surface area (Å²) in [6, 6.07) is 8.40. The van der Waals surface area contributed by atoms with Gasteiger partial charge in [0.1, 0.15) is 6.61 Å². The SMILES string of the molecule is O=C1OCC2(CCN(C(=O)NC3CCCc4ccccc43)CC2)O1. The highest BCUT2D eigenvalue weighted by atomic mass is 16.8. The van der Waals surface area contributed by atoms with Crippen molar-refractivity contribution in [2.75, 3.05) is 19.7 Å². The van der Waals surface area contributed by atoms with Gasteiger partial charge < -0.3 is 19.7 Å². The number of fused-ring (bicyclic) bond motifs is 1. The molecule has 128 valence electrons. The first kappa shape index (κ1) is 15.3. The van der Waals surface area contributed by atoms with Gasteiger partial charge in [-0.2, -0.15) is 0 Å². The van der Waals surface area contributed by atoms with E-state index in [4.69, 9.17) is 9.47 Å². The zero-order valence-electron chi connectivity index (χ0n) is 13.6. The maximum Gasteiger partial charge on any atom is 0.509 e. The fourth-order valence-corrected chi connectivity index (χ4v) is 3.93. The number of likely N-dealkylation sites (tertiary alicyclic amines) is 1. The topological polar surface area (TPSA) is 67.9 Å². The van der Waals surface area contributed by atoms with Gasteiger partial charge in [0.05, 0.1) is 6.04 Å². The number of carbonyl (C=O) groups is 2. The summed E-state index contributed by atoms with van der Waals surface area (Å²) in [4.78, 5) is 25.6. The highest BCUT2D eigenvalue weighted by Gasteiger charge is 2.45. The molecule has 0 aromatic heterocycles. The predicted octanol–water partition coefficient (Wildman–Crippen LogP) is 2.78. The van der Waals surface area contributed by atoms with Gasteiger partial charge in [0.2, 0.25) is 0 Å². The highest BCUT2D eigenvalue weighted by molar-refractivity contribution is 5.75. The fraction of sp³-hybridized carbons (Fsp3) is 0.556. The minimum absolute atomic E-state index is 0.0307. The average Bonchev–Trinajstić information content (AvgIpc) is 2.96. The number of urea groups is 1. The van der Waals surface area contributed by atoms with Crippen molar-refractivity contribution in [3.05, 3.63) is 35.4 Å². The minimum atomic E-state index is -0.591. The molecule has 1 aromatic rings. The van der Waals surface area contributed by atoms with Crippen molar-refractivity contribution in [3.63, 3.8) is 0 Å². The van der Waals surface area contributed by atoms with Gasteiger partial charge in [0.15, 0.2) is 5.60 Å².